The van der Waals surface area contributed by atoms with Crippen molar-refractivity contribution in [2.75, 3.05) is 14.2 Å². The summed E-state index contributed by atoms with van der Waals surface area (Å²) in [6.07, 6.45) is 0.956. The highest BCUT2D eigenvalue weighted by molar-refractivity contribution is 5.76. The Kier molecular flexibility index (Phi) is 4.72. The van der Waals surface area contributed by atoms with Crippen molar-refractivity contribution in [3.8, 4) is 45.1 Å². The summed E-state index contributed by atoms with van der Waals surface area (Å²) in [5.41, 5.74) is 8.57. The molecule has 30 heavy (non-hydrogen) atoms. The molecule has 0 bridgehead atoms. The SMILES string of the molecule is COc1cc2c(cc1OC)-c1cc(-c3ccccc3)cc(-c3ccccc3)[n+]1CC2. The third kappa shape index (κ3) is 3.13. The first kappa shape index (κ1) is 18.4. The molecule has 1 aliphatic rings. The van der Waals surface area contributed by atoms with E-state index in [-0.39, 0.29) is 0 Å². The van der Waals surface area contributed by atoms with Crippen molar-refractivity contribution in [1.82, 2.24) is 0 Å². The number of methoxy groups -OCH3 is 2. The van der Waals surface area contributed by atoms with Crippen LogP contribution in [0.25, 0.3) is 33.6 Å². The summed E-state index contributed by atoms with van der Waals surface area (Å²) in [6, 6.07) is 30.0. The van der Waals surface area contributed by atoms with Crippen molar-refractivity contribution in [1.29, 1.82) is 0 Å². The summed E-state index contributed by atoms with van der Waals surface area (Å²) >= 11 is 0. The van der Waals surface area contributed by atoms with Crippen molar-refractivity contribution in [3.05, 3.63) is 90.5 Å². The van der Waals surface area contributed by atoms with Crippen molar-refractivity contribution < 1.29 is 14.0 Å². The number of hydrogen-bond acceptors (Lipinski definition) is 2. The highest BCUT2D eigenvalue weighted by atomic mass is 16.5. The minimum atomic E-state index is 0.760. The molecule has 0 fully saturated rings. The number of rotatable bonds is 4. The Morgan fingerprint density at radius 2 is 1.23 bits per heavy atom. The predicted molar refractivity (Wildman–Crippen MR) is 120 cm³/mol. The van der Waals surface area contributed by atoms with Crippen LogP contribution in [0.15, 0.2) is 84.9 Å². The highest BCUT2D eigenvalue weighted by Gasteiger charge is 2.29. The number of hydrogen-bond donors (Lipinski definition) is 0. The summed E-state index contributed by atoms with van der Waals surface area (Å²) in [5.74, 6) is 1.54. The zero-order valence-electron chi connectivity index (χ0n) is 17.3. The largest absolute Gasteiger partial charge is 0.493 e. The molecule has 1 aromatic heterocycles. The van der Waals surface area contributed by atoms with E-state index in [9.17, 15) is 0 Å². The van der Waals surface area contributed by atoms with Gasteiger partial charge in [0.15, 0.2) is 18.0 Å². The Balaban J connectivity index is 1.79. The first-order valence-electron chi connectivity index (χ1n) is 10.2. The molecule has 0 saturated heterocycles. The monoisotopic (exact) mass is 394 g/mol. The maximum absolute atomic E-state index is 5.61. The summed E-state index contributed by atoms with van der Waals surface area (Å²) < 4.78 is 13.6. The molecule has 148 valence electrons. The summed E-state index contributed by atoms with van der Waals surface area (Å²) in [5, 5.41) is 0. The van der Waals surface area contributed by atoms with Gasteiger partial charge in [0.1, 0.15) is 0 Å². The number of nitrogens with zero attached hydrogens (tertiary/aromatic N) is 1. The van der Waals surface area contributed by atoms with Crippen LogP contribution in [0.1, 0.15) is 5.56 Å². The minimum Gasteiger partial charge on any atom is -0.493 e. The Bertz CT molecular complexity index is 1200. The Morgan fingerprint density at radius 3 is 1.90 bits per heavy atom. The molecule has 0 atom stereocenters. The standard InChI is InChI=1S/C27H24NO2/c1-29-26-17-21-13-14-28-24(20-11-7-4-8-12-20)15-22(19-9-5-3-6-10-19)16-25(28)23(21)18-27(26)30-2/h3-12,15-18H,13-14H2,1-2H3/q+1. The Morgan fingerprint density at radius 1 is 0.633 bits per heavy atom. The normalized spacial score (nSPS) is 12.1. The molecule has 3 nitrogen and oxygen atoms in total. The van der Waals surface area contributed by atoms with E-state index in [0.29, 0.717) is 0 Å². The van der Waals surface area contributed by atoms with Gasteiger partial charge in [-0.2, -0.15) is 4.57 Å². The van der Waals surface area contributed by atoms with Crippen LogP contribution in [0.2, 0.25) is 0 Å². The fraction of sp³-hybridized carbons (Fsp3) is 0.148. The van der Waals surface area contributed by atoms with E-state index in [1.165, 1.54) is 39.2 Å². The van der Waals surface area contributed by atoms with Crippen molar-refractivity contribution in [2.24, 2.45) is 0 Å². The van der Waals surface area contributed by atoms with Crippen LogP contribution in [0.4, 0.5) is 0 Å². The van der Waals surface area contributed by atoms with E-state index < -0.39 is 0 Å². The highest BCUT2D eigenvalue weighted by Crippen LogP contribution is 2.39. The summed E-state index contributed by atoms with van der Waals surface area (Å²) in [6.45, 7) is 0.928. The van der Waals surface area contributed by atoms with Crippen molar-refractivity contribution in [3.63, 3.8) is 0 Å². The van der Waals surface area contributed by atoms with Crippen LogP contribution in [0.3, 0.4) is 0 Å². The second-order valence-electron chi connectivity index (χ2n) is 7.51. The Labute approximate surface area is 177 Å². The van der Waals surface area contributed by atoms with Crippen LogP contribution in [-0.4, -0.2) is 14.2 Å². The predicted octanol–water partition coefficient (Wildman–Crippen LogP) is 5.55. The molecule has 3 aromatic carbocycles. The van der Waals surface area contributed by atoms with Gasteiger partial charge in [-0.3, -0.25) is 0 Å². The van der Waals surface area contributed by atoms with E-state index in [2.05, 4.69) is 89.5 Å². The first-order chi connectivity index (χ1) is 14.8. The number of fused-ring (bicyclic) bond motifs is 3. The lowest BCUT2D eigenvalue weighted by Gasteiger charge is -2.20. The number of aromatic nitrogens is 1. The van der Waals surface area contributed by atoms with E-state index in [0.717, 1.165) is 24.5 Å². The van der Waals surface area contributed by atoms with Gasteiger partial charge in [0.25, 0.3) is 0 Å². The molecule has 0 N–H and O–H groups in total. The number of pyridine rings is 1. The van der Waals surface area contributed by atoms with Crippen LogP contribution >= 0.6 is 0 Å². The van der Waals surface area contributed by atoms with E-state index in [1.807, 2.05) is 0 Å². The van der Waals surface area contributed by atoms with Crippen LogP contribution in [0, 0.1) is 0 Å². The molecule has 4 aromatic rings. The zero-order valence-corrected chi connectivity index (χ0v) is 17.3. The van der Waals surface area contributed by atoms with Gasteiger partial charge in [-0.05, 0) is 41.0 Å². The molecule has 0 saturated carbocycles. The van der Waals surface area contributed by atoms with E-state index in [4.69, 9.17) is 9.47 Å². The Hall–Kier alpha value is -3.59. The second kappa shape index (κ2) is 7.68. The van der Waals surface area contributed by atoms with Crippen molar-refractivity contribution >= 4 is 0 Å². The van der Waals surface area contributed by atoms with Gasteiger partial charge in [-0.1, -0.05) is 48.5 Å². The van der Waals surface area contributed by atoms with Gasteiger partial charge in [0.2, 0.25) is 11.4 Å². The lowest BCUT2D eigenvalue weighted by atomic mass is 9.92. The number of ether oxygens (including phenoxy) is 2. The molecule has 1 aliphatic heterocycles. The van der Waals surface area contributed by atoms with Crippen LogP contribution in [0.5, 0.6) is 11.5 Å². The molecule has 0 amide bonds. The average molecular weight is 394 g/mol. The fourth-order valence-corrected chi connectivity index (χ4v) is 4.33. The van der Waals surface area contributed by atoms with Gasteiger partial charge in [0, 0.05) is 24.1 Å². The van der Waals surface area contributed by atoms with Crippen LogP contribution < -0.4 is 14.0 Å². The van der Waals surface area contributed by atoms with E-state index >= 15 is 0 Å². The maximum atomic E-state index is 5.61. The zero-order chi connectivity index (χ0) is 20.5. The molecular weight excluding hydrogens is 370 g/mol. The number of benzene rings is 3. The molecule has 3 heteroatoms. The molecule has 5 rings (SSSR count). The lowest BCUT2D eigenvalue weighted by Crippen LogP contribution is -2.42. The smallest absolute Gasteiger partial charge is 0.214 e. The first-order valence-corrected chi connectivity index (χ1v) is 10.2. The summed E-state index contributed by atoms with van der Waals surface area (Å²) in [7, 11) is 3.38. The lowest BCUT2D eigenvalue weighted by molar-refractivity contribution is -0.676. The molecular formula is C27H24NO2+. The van der Waals surface area contributed by atoms with Gasteiger partial charge < -0.3 is 9.47 Å². The maximum Gasteiger partial charge on any atom is 0.214 e. The average Bonchev–Trinajstić information content (AvgIpc) is 2.83. The van der Waals surface area contributed by atoms with Gasteiger partial charge in [-0.25, -0.2) is 0 Å². The molecule has 2 heterocycles. The molecule has 0 aliphatic carbocycles. The van der Waals surface area contributed by atoms with E-state index in [1.54, 1.807) is 14.2 Å². The van der Waals surface area contributed by atoms with Gasteiger partial charge >= 0.3 is 0 Å². The fourth-order valence-electron chi connectivity index (χ4n) is 4.33. The van der Waals surface area contributed by atoms with Crippen molar-refractivity contribution in [2.45, 2.75) is 13.0 Å². The van der Waals surface area contributed by atoms with Gasteiger partial charge in [-0.15, -0.1) is 0 Å². The van der Waals surface area contributed by atoms with Crippen LogP contribution in [-0.2, 0) is 13.0 Å². The third-order valence-corrected chi connectivity index (χ3v) is 5.83. The summed E-state index contributed by atoms with van der Waals surface area (Å²) in [4.78, 5) is 0. The third-order valence-electron chi connectivity index (χ3n) is 5.83. The molecule has 0 spiro atoms. The quantitative estimate of drug-likeness (QED) is 0.424. The van der Waals surface area contributed by atoms with Gasteiger partial charge in [0.05, 0.1) is 19.8 Å². The second-order valence-corrected chi connectivity index (χ2v) is 7.51. The number of aryl methyl sites for hydroxylation is 1. The topological polar surface area (TPSA) is 22.3 Å². The molecule has 0 unspecified atom stereocenters. The minimum absolute atomic E-state index is 0.760. The molecule has 0 radical (unpaired) electrons.